The molecule has 2 aromatic rings. The van der Waals surface area contributed by atoms with Crippen LogP contribution in [0, 0.1) is 0 Å². The van der Waals surface area contributed by atoms with Crippen molar-refractivity contribution < 1.29 is 14.7 Å². The summed E-state index contributed by atoms with van der Waals surface area (Å²) in [6.45, 7) is 1.90. The van der Waals surface area contributed by atoms with Crippen molar-refractivity contribution in [2.24, 2.45) is 0 Å². The van der Waals surface area contributed by atoms with Crippen LogP contribution in [0.15, 0.2) is 30.3 Å². The smallest absolute Gasteiger partial charge is 0.271 e. The zero-order valence-corrected chi connectivity index (χ0v) is 16.7. The molecule has 1 aliphatic rings. The molecule has 1 fully saturated rings. The number of aliphatic hydroxyl groups is 1. The van der Waals surface area contributed by atoms with Crippen molar-refractivity contribution in [2.45, 2.75) is 50.8 Å². The third-order valence-corrected chi connectivity index (χ3v) is 5.39. The number of hydrogen-bond acceptors (Lipinski definition) is 4. The maximum absolute atomic E-state index is 12.9. The van der Waals surface area contributed by atoms with Crippen LogP contribution in [0.4, 0.5) is 0 Å². The maximum Gasteiger partial charge on any atom is 0.271 e. The van der Waals surface area contributed by atoms with E-state index in [-0.39, 0.29) is 35.7 Å². The van der Waals surface area contributed by atoms with Crippen molar-refractivity contribution in [1.29, 1.82) is 0 Å². The Bertz CT molecular complexity index is 859. The van der Waals surface area contributed by atoms with E-state index < -0.39 is 0 Å². The lowest BCUT2D eigenvalue weighted by atomic mass is 9.93. The number of hydrogen-bond donors (Lipinski definition) is 3. The van der Waals surface area contributed by atoms with Gasteiger partial charge in [0.05, 0.1) is 12.1 Å². The van der Waals surface area contributed by atoms with E-state index in [2.05, 4.69) is 15.7 Å². The van der Waals surface area contributed by atoms with Gasteiger partial charge in [0.1, 0.15) is 5.69 Å². The molecule has 150 valence electrons. The number of carbonyl (C=O) groups excluding carboxylic acids is 2. The minimum atomic E-state index is -0.355. The molecule has 2 amide bonds. The Hall–Kier alpha value is -2.38. The molecule has 1 heterocycles. The molecule has 1 saturated carbocycles. The first-order valence-corrected chi connectivity index (χ1v) is 9.83. The first-order chi connectivity index (χ1) is 13.4. The largest absolute Gasteiger partial charge is 0.393 e. The van der Waals surface area contributed by atoms with E-state index in [4.69, 9.17) is 11.6 Å². The average molecular weight is 405 g/mol. The fraction of sp³-hybridized carbons (Fsp3) is 0.450. The molecule has 1 aliphatic carbocycles. The quantitative estimate of drug-likeness (QED) is 0.713. The van der Waals surface area contributed by atoms with Crippen molar-refractivity contribution in [2.75, 3.05) is 7.05 Å². The van der Waals surface area contributed by atoms with Crippen LogP contribution in [0.2, 0.25) is 5.02 Å². The van der Waals surface area contributed by atoms with Crippen molar-refractivity contribution >= 4 is 23.4 Å². The number of aliphatic hydroxyl groups excluding tert-OH is 1. The number of nitrogens with one attached hydrogen (secondary N) is 2. The Morgan fingerprint density at radius 2 is 1.93 bits per heavy atom. The van der Waals surface area contributed by atoms with E-state index in [1.165, 1.54) is 13.1 Å². The van der Waals surface area contributed by atoms with Crippen molar-refractivity contribution in [3.63, 3.8) is 0 Å². The third kappa shape index (κ3) is 4.54. The van der Waals surface area contributed by atoms with Crippen LogP contribution in [0.1, 0.15) is 65.2 Å². The van der Waals surface area contributed by atoms with Gasteiger partial charge < -0.3 is 15.7 Å². The summed E-state index contributed by atoms with van der Waals surface area (Å²) >= 11 is 6.10. The number of aromatic nitrogens is 2. The summed E-state index contributed by atoms with van der Waals surface area (Å²) in [4.78, 5) is 25.0. The Morgan fingerprint density at radius 1 is 1.21 bits per heavy atom. The summed E-state index contributed by atoms with van der Waals surface area (Å²) < 4.78 is 1.56. The van der Waals surface area contributed by atoms with Gasteiger partial charge in [0.15, 0.2) is 5.69 Å². The number of nitrogens with zero attached hydrogens (tertiary/aromatic N) is 2. The standard InChI is InChI=1S/C20H25ClN4O3/c1-12(13-4-3-5-14(21)10-13)25-18(11-17(24-25)19(27)22-2)20(28)23-15-6-8-16(26)9-7-15/h3-5,10-12,15-16,26H,6-9H2,1-2H3,(H,22,27)(H,23,28)/t12-,15-,16-/m0/s1. The molecule has 3 rings (SSSR count). The minimum absolute atomic E-state index is 0.00387. The van der Waals surface area contributed by atoms with Crippen LogP contribution >= 0.6 is 11.6 Å². The Morgan fingerprint density at radius 3 is 2.57 bits per heavy atom. The Kier molecular flexibility index (Phi) is 6.36. The molecular weight excluding hydrogens is 380 g/mol. The second-order valence-corrected chi connectivity index (χ2v) is 7.58. The van der Waals surface area contributed by atoms with Gasteiger partial charge in [-0.05, 0) is 50.3 Å². The molecule has 28 heavy (non-hydrogen) atoms. The van der Waals surface area contributed by atoms with Crippen LogP contribution in [-0.4, -0.2) is 45.9 Å². The summed E-state index contributed by atoms with van der Waals surface area (Å²) in [5.41, 5.74) is 1.38. The summed E-state index contributed by atoms with van der Waals surface area (Å²) in [7, 11) is 1.52. The van der Waals surface area contributed by atoms with Crippen molar-refractivity contribution in [3.05, 3.63) is 52.3 Å². The molecule has 0 saturated heterocycles. The number of halogens is 1. The highest BCUT2D eigenvalue weighted by molar-refractivity contribution is 6.30. The van der Waals surface area contributed by atoms with Gasteiger partial charge >= 0.3 is 0 Å². The van der Waals surface area contributed by atoms with E-state index in [9.17, 15) is 14.7 Å². The van der Waals surface area contributed by atoms with Gasteiger partial charge in [-0.15, -0.1) is 0 Å². The molecule has 0 aliphatic heterocycles. The van der Waals surface area contributed by atoms with Crippen LogP contribution in [0.5, 0.6) is 0 Å². The summed E-state index contributed by atoms with van der Waals surface area (Å²) in [5.74, 6) is -0.634. The minimum Gasteiger partial charge on any atom is -0.393 e. The van der Waals surface area contributed by atoms with Gasteiger partial charge in [-0.2, -0.15) is 5.10 Å². The van der Waals surface area contributed by atoms with E-state index in [0.717, 1.165) is 18.4 Å². The SMILES string of the molecule is CNC(=O)c1cc(C(=O)N[C@H]2CC[C@H](O)CC2)n([C@@H](C)c2cccc(Cl)c2)n1. The van der Waals surface area contributed by atoms with Crippen LogP contribution < -0.4 is 10.6 Å². The van der Waals surface area contributed by atoms with Crippen molar-refractivity contribution in [3.8, 4) is 0 Å². The normalized spacial score (nSPS) is 20.4. The molecule has 0 bridgehead atoms. The van der Waals surface area contributed by atoms with E-state index in [1.807, 2.05) is 25.1 Å². The number of amides is 2. The van der Waals surface area contributed by atoms with Crippen molar-refractivity contribution in [1.82, 2.24) is 20.4 Å². The lowest BCUT2D eigenvalue weighted by Crippen LogP contribution is -2.39. The average Bonchev–Trinajstić information content (AvgIpc) is 3.14. The van der Waals surface area contributed by atoms with Gasteiger partial charge in [-0.3, -0.25) is 14.3 Å². The summed E-state index contributed by atoms with van der Waals surface area (Å²) in [5, 5.41) is 20.2. The molecule has 8 heteroatoms. The number of carbonyl (C=O) groups is 2. The number of rotatable bonds is 5. The molecule has 7 nitrogen and oxygen atoms in total. The highest BCUT2D eigenvalue weighted by Gasteiger charge is 2.26. The predicted molar refractivity (Wildman–Crippen MR) is 107 cm³/mol. The summed E-state index contributed by atoms with van der Waals surface area (Å²) in [6, 6.07) is 8.56. The van der Waals surface area contributed by atoms with Crippen LogP contribution in [0.3, 0.4) is 0 Å². The van der Waals surface area contributed by atoms with Gasteiger partial charge in [-0.25, -0.2) is 0 Å². The van der Waals surface area contributed by atoms with Crippen LogP contribution in [-0.2, 0) is 0 Å². The third-order valence-electron chi connectivity index (χ3n) is 5.16. The molecule has 3 N–H and O–H groups in total. The van der Waals surface area contributed by atoms with E-state index >= 15 is 0 Å². The van der Waals surface area contributed by atoms with Crippen LogP contribution in [0.25, 0.3) is 0 Å². The molecule has 1 aromatic carbocycles. The fourth-order valence-electron chi connectivity index (χ4n) is 3.49. The van der Waals surface area contributed by atoms with Gasteiger partial charge in [-0.1, -0.05) is 23.7 Å². The molecule has 1 aromatic heterocycles. The first-order valence-electron chi connectivity index (χ1n) is 9.45. The Labute approximate surface area is 169 Å². The highest BCUT2D eigenvalue weighted by Crippen LogP contribution is 2.24. The zero-order valence-electron chi connectivity index (χ0n) is 16.0. The van der Waals surface area contributed by atoms with E-state index in [0.29, 0.717) is 23.6 Å². The van der Waals surface area contributed by atoms with Gasteiger partial charge in [0, 0.05) is 24.2 Å². The maximum atomic E-state index is 12.9. The molecular formula is C20H25ClN4O3. The number of benzene rings is 1. The lowest BCUT2D eigenvalue weighted by Gasteiger charge is -2.26. The molecule has 1 atom stereocenters. The molecule has 0 unspecified atom stereocenters. The van der Waals surface area contributed by atoms with E-state index in [1.54, 1.807) is 10.7 Å². The predicted octanol–water partition coefficient (Wildman–Crippen LogP) is 2.54. The summed E-state index contributed by atoms with van der Waals surface area (Å²) in [6.07, 6.45) is 2.51. The topological polar surface area (TPSA) is 96.3 Å². The molecule has 0 radical (unpaired) electrons. The monoisotopic (exact) mass is 404 g/mol. The molecule has 0 spiro atoms. The second kappa shape index (κ2) is 8.75. The lowest BCUT2D eigenvalue weighted by molar-refractivity contribution is 0.0856. The second-order valence-electron chi connectivity index (χ2n) is 7.15. The van der Waals surface area contributed by atoms with Gasteiger partial charge in [0.25, 0.3) is 11.8 Å². The first kappa shape index (κ1) is 20.4. The fourth-order valence-corrected chi connectivity index (χ4v) is 3.68. The van der Waals surface area contributed by atoms with Gasteiger partial charge in [0.2, 0.25) is 0 Å². The Balaban J connectivity index is 1.89. The highest BCUT2D eigenvalue weighted by atomic mass is 35.5. The zero-order chi connectivity index (χ0) is 20.3.